The molecule has 0 amide bonds. The molecule has 1 aliphatic heterocycles. The first-order valence-electron chi connectivity index (χ1n) is 6.16. The van der Waals surface area contributed by atoms with E-state index in [0.29, 0.717) is 6.61 Å². The Hall–Kier alpha value is -1.39. The standard InChI is InChI=1S/C13H17N3O/c1-2-16-12-6-4-3-5-10(12)15-13(16)11-9-17-8-7-14-11/h3-6,11,14H,2,7-9H2,1H3. The Labute approximate surface area is 101 Å². The molecule has 1 unspecified atom stereocenters. The van der Waals surface area contributed by atoms with E-state index in [0.717, 1.165) is 31.0 Å². The molecule has 1 saturated heterocycles. The van der Waals surface area contributed by atoms with Crippen LogP contribution in [0.4, 0.5) is 0 Å². The highest BCUT2D eigenvalue weighted by Crippen LogP contribution is 2.21. The number of benzene rings is 1. The highest BCUT2D eigenvalue weighted by Gasteiger charge is 2.21. The number of imidazole rings is 1. The van der Waals surface area contributed by atoms with Crippen LogP contribution in [0, 0.1) is 0 Å². The normalized spacial score (nSPS) is 20.9. The van der Waals surface area contributed by atoms with Crippen molar-refractivity contribution >= 4 is 11.0 Å². The zero-order valence-corrected chi connectivity index (χ0v) is 10.0. The third kappa shape index (κ3) is 1.83. The van der Waals surface area contributed by atoms with E-state index < -0.39 is 0 Å². The minimum Gasteiger partial charge on any atom is -0.378 e. The van der Waals surface area contributed by atoms with Crippen LogP contribution in [-0.2, 0) is 11.3 Å². The molecule has 3 rings (SSSR count). The van der Waals surface area contributed by atoms with E-state index in [1.165, 1.54) is 5.52 Å². The van der Waals surface area contributed by atoms with Crippen molar-refractivity contribution in [3.05, 3.63) is 30.1 Å². The number of fused-ring (bicyclic) bond motifs is 1. The molecule has 1 atom stereocenters. The molecule has 0 aliphatic carbocycles. The number of aromatic nitrogens is 2. The first-order valence-corrected chi connectivity index (χ1v) is 6.16. The van der Waals surface area contributed by atoms with Crippen molar-refractivity contribution in [1.29, 1.82) is 0 Å². The van der Waals surface area contributed by atoms with Crippen LogP contribution in [0.5, 0.6) is 0 Å². The minimum absolute atomic E-state index is 0.219. The van der Waals surface area contributed by atoms with E-state index in [1.807, 2.05) is 6.07 Å². The van der Waals surface area contributed by atoms with Gasteiger partial charge in [0.25, 0.3) is 0 Å². The summed E-state index contributed by atoms with van der Waals surface area (Å²) in [4.78, 5) is 4.73. The molecule has 0 radical (unpaired) electrons. The molecule has 90 valence electrons. The Kier molecular flexibility index (Phi) is 2.82. The second-order valence-corrected chi connectivity index (χ2v) is 4.28. The number of rotatable bonds is 2. The fourth-order valence-electron chi connectivity index (χ4n) is 2.42. The number of hydrogen-bond donors (Lipinski definition) is 1. The molecule has 0 bridgehead atoms. The molecule has 4 heteroatoms. The van der Waals surface area contributed by atoms with Gasteiger partial charge in [0.15, 0.2) is 0 Å². The maximum atomic E-state index is 5.52. The SMILES string of the molecule is CCn1c(C2COCCN2)nc2ccccc21. The number of hydrogen-bond acceptors (Lipinski definition) is 3. The van der Waals surface area contributed by atoms with Crippen molar-refractivity contribution in [2.45, 2.75) is 19.5 Å². The molecule has 0 saturated carbocycles. The van der Waals surface area contributed by atoms with Gasteiger partial charge in [-0.25, -0.2) is 4.98 Å². The van der Waals surface area contributed by atoms with Crippen molar-refractivity contribution in [3.63, 3.8) is 0 Å². The van der Waals surface area contributed by atoms with E-state index in [2.05, 4.69) is 35.0 Å². The van der Waals surface area contributed by atoms with Crippen LogP contribution in [0.2, 0.25) is 0 Å². The summed E-state index contributed by atoms with van der Waals surface area (Å²) in [6, 6.07) is 8.50. The quantitative estimate of drug-likeness (QED) is 0.855. The number of aryl methyl sites for hydroxylation is 1. The second-order valence-electron chi connectivity index (χ2n) is 4.28. The zero-order valence-electron chi connectivity index (χ0n) is 10.0. The van der Waals surface area contributed by atoms with Crippen LogP contribution in [0.1, 0.15) is 18.8 Å². The average molecular weight is 231 g/mol. The van der Waals surface area contributed by atoms with Crippen LogP contribution in [0.15, 0.2) is 24.3 Å². The van der Waals surface area contributed by atoms with Crippen molar-refractivity contribution in [3.8, 4) is 0 Å². The van der Waals surface area contributed by atoms with Gasteiger partial charge in [0.05, 0.1) is 30.3 Å². The zero-order chi connectivity index (χ0) is 11.7. The van der Waals surface area contributed by atoms with E-state index >= 15 is 0 Å². The Balaban J connectivity index is 2.08. The topological polar surface area (TPSA) is 39.1 Å². The number of nitrogens with zero attached hydrogens (tertiary/aromatic N) is 2. The first kappa shape index (κ1) is 10.7. The molecular formula is C13H17N3O. The van der Waals surface area contributed by atoms with Crippen LogP contribution < -0.4 is 5.32 Å². The van der Waals surface area contributed by atoms with Gasteiger partial charge in [-0.15, -0.1) is 0 Å². The highest BCUT2D eigenvalue weighted by molar-refractivity contribution is 5.76. The van der Waals surface area contributed by atoms with Gasteiger partial charge < -0.3 is 14.6 Å². The Morgan fingerprint density at radius 1 is 1.47 bits per heavy atom. The minimum atomic E-state index is 0.219. The summed E-state index contributed by atoms with van der Waals surface area (Å²) in [7, 11) is 0. The van der Waals surface area contributed by atoms with Gasteiger partial charge in [0, 0.05) is 13.1 Å². The lowest BCUT2D eigenvalue weighted by molar-refractivity contribution is 0.0733. The maximum absolute atomic E-state index is 5.52. The summed E-state index contributed by atoms with van der Waals surface area (Å²) in [6.45, 7) is 5.50. The number of nitrogens with one attached hydrogen (secondary N) is 1. The Bertz CT molecular complexity index is 514. The largest absolute Gasteiger partial charge is 0.378 e. The van der Waals surface area contributed by atoms with E-state index in [1.54, 1.807) is 0 Å². The van der Waals surface area contributed by atoms with Crippen LogP contribution in [0.25, 0.3) is 11.0 Å². The maximum Gasteiger partial charge on any atom is 0.129 e. The van der Waals surface area contributed by atoms with Gasteiger partial charge in [-0.1, -0.05) is 12.1 Å². The molecule has 2 heterocycles. The van der Waals surface area contributed by atoms with Gasteiger partial charge in [0.2, 0.25) is 0 Å². The van der Waals surface area contributed by atoms with E-state index in [4.69, 9.17) is 9.72 Å². The van der Waals surface area contributed by atoms with Gasteiger partial charge in [-0.2, -0.15) is 0 Å². The van der Waals surface area contributed by atoms with Crippen LogP contribution in [0.3, 0.4) is 0 Å². The third-order valence-electron chi connectivity index (χ3n) is 3.23. The second kappa shape index (κ2) is 4.47. The molecule has 1 aliphatic rings. The average Bonchev–Trinajstić information content (AvgIpc) is 2.78. The number of morpholine rings is 1. The summed E-state index contributed by atoms with van der Waals surface area (Å²) in [5, 5.41) is 3.46. The molecule has 1 aromatic carbocycles. The summed E-state index contributed by atoms with van der Waals surface area (Å²) < 4.78 is 7.78. The molecule has 1 aromatic heterocycles. The highest BCUT2D eigenvalue weighted by atomic mass is 16.5. The lowest BCUT2D eigenvalue weighted by Gasteiger charge is -2.23. The lowest BCUT2D eigenvalue weighted by atomic mass is 10.2. The predicted octanol–water partition coefficient (Wildman–Crippen LogP) is 1.72. The molecule has 0 spiro atoms. The van der Waals surface area contributed by atoms with E-state index in [9.17, 15) is 0 Å². The monoisotopic (exact) mass is 231 g/mol. The Morgan fingerprint density at radius 3 is 3.12 bits per heavy atom. The molecule has 4 nitrogen and oxygen atoms in total. The van der Waals surface area contributed by atoms with E-state index in [-0.39, 0.29) is 6.04 Å². The lowest BCUT2D eigenvalue weighted by Crippen LogP contribution is -2.36. The van der Waals surface area contributed by atoms with Gasteiger partial charge in [-0.05, 0) is 19.1 Å². The Morgan fingerprint density at radius 2 is 2.35 bits per heavy atom. The summed E-state index contributed by atoms with van der Waals surface area (Å²) in [5.74, 6) is 1.09. The summed E-state index contributed by atoms with van der Waals surface area (Å²) in [6.07, 6.45) is 0. The fraction of sp³-hybridized carbons (Fsp3) is 0.462. The van der Waals surface area contributed by atoms with Gasteiger partial charge >= 0.3 is 0 Å². The molecular weight excluding hydrogens is 214 g/mol. The van der Waals surface area contributed by atoms with Crippen molar-refractivity contribution in [2.75, 3.05) is 19.8 Å². The molecule has 17 heavy (non-hydrogen) atoms. The number of para-hydroxylation sites is 2. The summed E-state index contributed by atoms with van der Waals surface area (Å²) in [5.41, 5.74) is 2.27. The van der Waals surface area contributed by atoms with Crippen molar-refractivity contribution in [2.24, 2.45) is 0 Å². The van der Waals surface area contributed by atoms with Crippen molar-refractivity contribution < 1.29 is 4.74 Å². The molecule has 2 aromatic rings. The smallest absolute Gasteiger partial charge is 0.129 e. The van der Waals surface area contributed by atoms with Gasteiger partial charge in [-0.3, -0.25) is 0 Å². The third-order valence-corrected chi connectivity index (χ3v) is 3.23. The number of ether oxygens (including phenoxy) is 1. The molecule has 1 N–H and O–H groups in total. The van der Waals surface area contributed by atoms with Crippen LogP contribution >= 0.6 is 0 Å². The summed E-state index contributed by atoms with van der Waals surface area (Å²) >= 11 is 0. The predicted molar refractivity (Wildman–Crippen MR) is 67.0 cm³/mol. The molecule has 1 fully saturated rings. The van der Waals surface area contributed by atoms with Crippen molar-refractivity contribution in [1.82, 2.24) is 14.9 Å². The first-order chi connectivity index (χ1) is 8.40. The van der Waals surface area contributed by atoms with Gasteiger partial charge in [0.1, 0.15) is 5.82 Å². The fourth-order valence-corrected chi connectivity index (χ4v) is 2.42. The van der Waals surface area contributed by atoms with Crippen LogP contribution in [-0.4, -0.2) is 29.3 Å².